The van der Waals surface area contributed by atoms with Crippen LogP contribution in [0.5, 0.6) is 0 Å². The molecule has 1 saturated heterocycles. The van der Waals surface area contributed by atoms with Crippen LogP contribution in [-0.4, -0.2) is 34.8 Å². The lowest BCUT2D eigenvalue weighted by Gasteiger charge is -2.14. The summed E-state index contributed by atoms with van der Waals surface area (Å²) in [5.74, 6) is 1.45. The fraction of sp³-hybridized carbons (Fsp3) is 0.500. The second kappa shape index (κ2) is 6.64. The van der Waals surface area contributed by atoms with Gasteiger partial charge < -0.3 is 4.74 Å². The number of nitrogens with zero attached hydrogens (tertiary/aromatic N) is 1. The van der Waals surface area contributed by atoms with E-state index in [1.54, 1.807) is 6.08 Å². The van der Waals surface area contributed by atoms with Crippen molar-refractivity contribution >= 4 is 7.94 Å². The molecule has 1 fully saturated rings. The quantitative estimate of drug-likeness (QED) is 0.778. The first kappa shape index (κ1) is 16.1. The molecule has 2 atom stereocenters. The summed E-state index contributed by atoms with van der Waals surface area (Å²) in [4.78, 5) is 34.8. The average molecular weight is 317 g/mol. The Labute approximate surface area is 121 Å². The second-order valence-corrected chi connectivity index (χ2v) is 6.65. The molecule has 1 aromatic heterocycles. The van der Waals surface area contributed by atoms with Crippen LogP contribution in [0.15, 0.2) is 33.7 Å². The summed E-state index contributed by atoms with van der Waals surface area (Å²) in [6.45, 7) is 0. The predicted octanol–water partition coefficient (Wildman–Crippen LogP) is 0.776. The summed E-state index contributed by atoms with van der Waals surface area (Å²) in [5, 5.41) is 0. The zero-order chi connectivity index (χ0) is 15.5. The Morgan fingerprint density at radius 3 is 2.76 bits per heavy atom. The van der Waals surface area contributed by atoms with Crippen LogP contribution in [0, 0.1) is 0 Å². The Morgan fingerprint density at radius 1 is 1.43 bits per heavy atom. The molecule has 0 radical (unpaired) electrons. The monoisotopic (exact) mass is 317 g/mol. The third-order valence-corrected chi connectivity index (χ3v) is 4.80. The molecule has 2 heterocycles. The van der Waals surface area contributed by atoms with E-state index in [9.17, 15) is 14.5 Å². The van der Waals surface area contributed by atoms with Crippen molar-refractivity contribution < 1.29 is 18.7 Å². The molecule has 8 nitrogen and oxygen atoms in total. The molecular formula is C12H18N2O6P+. The van der Waals surface area contributed by atoms with Gasteiger partial charge in [0.1, 0.15) is 12.0 Å². The van der Waals surface area contributed by atoms with E-state index < -0.39 is 25.4 Å². The molecule has 21 heavy (non-hydrogen) atoms. The van der Waals surface area contributed by atoms with Crippen LogP contribution in [0.25, 0.3) is 0 Å². The van der Waals surface area contributed by atoms with Crippen molar-refractivity contribution in [3.8, 4) is 0 Å². The molecule has 0 saturated carbocycles. The number of nitrogens with one attached hydrogen (secondary N) is 1. The first-order valence-corrected chi connectivity index (χ1v) is 8.01. The minimum absolute atomic E-state index is 0.259. The Morgan fingerprint density at radius 2 is 2.14 bits per heavy atom. The Kier molecular flexibility index (Phi) is 5.08. The minimum Gasteiger partial charge on any atom is -0.350 e. The Hall–Kier alpha value is -1.31. The smallest absolute Gasteiger partial charge is 0.350 e. The van der Waals surface area contributed by atoms with E-state index >= 15 is 0 Å². The van der Waals surface area contributed by atoms with Gasteiger partial charge in [0, 0.05) is 12.3 Å². The molecule has 0 aliphatic carbocycles. The normalized spacial score (nSPS) is 23.0. The van der Waals surface area contributed by atoms with Crippen molar-refractivity contribution in [1.29, 1.82) is 0 Å². The van der Waals surface area contributed by atoms with Gasteiger partial charge in [-0.15, -0.1) is 0 Å². The van der Waals surface area contributed by atoms with Gasteiger partial charge in [-0.3, -0.25) is 14.3 Å². The zero-order valence-corrected chi connectivity index (χ0v) is 12.7. The van der Waals surface area contributed by atoms with E-state index in [1.165, 1.54) is 36.9 Å². The van der Waals surface area contributed by atoms with Crippen LogP contribution < -0.4 is 11.2 Å². The highest BCUT2D eigenvalue weighted by Gasteiger charge is 2.35. The lowest BCUT2D eigenvalue weighted by atomic mass is 10.2. The van der Waals surface area contributed by atoms with Gasteiger partial charge >= 0.3 is 13.6 Å². The number of aromatic amines is 1. The minimum atomic E-state index is -2.97. The summed E-state index contributed by atoms with van der Waals surface area (Å²) in [5.41, 5.74) is -0.948. The molecule has 0 amide bonds. The highest BCUT2D eigenvalue weighted by atomic mass is 31.2. The summed E-state index contributed by atoms with van der Waals surface area (Å²) >= 11 is 0. The molecule has 1 aliphatic rings. The van der Waals surface area contributed by atoms with Gasteiger partial charge in [-0.05, 0) is 18.9 Å². The summed E-state index contributed by atoms with van der Waals surface area (Å²) in [6.07, 6.45) is 3.67. The highest BCUT2D eigenvalue weighted by Crippen LogP contribution is 2.57. The summed E-state index contributed by atoms with van der Waals surface area (Å²) < 4.78 is 16.8. The third kappa shape index (κ3) is 3.87. The summed E-state index contributed by atoms with van der Waals surface area (Å²) in [7, 11) is -0.246. The Bertz CT molecular complexity index is 621. The van der Waals surface area contributed by atoms with Crippen molar-refractivity contribution in [3.05, 3.63) is 45.0 Å². The van der Waals surface area contributed by atoms with Crippen molar-refractivity contribution in [2.24, 2.45) is 0 Å². The van der Waals surface area contributed by atoms with Gasteiger partial charge in [-0.2, -0.15) is 13.9 Å². The number of aromatic nitrogens is 2. The third-order valence-electron chi connectivity index (χ3n) is 3.20. The van der Waals surface area contributed by atoms with E-state index in [2.05, 4.69) is 4.98 Å². The maximum Gasteiger partial charge on any atom is 0.437 e. The predicted molar refractivity (Wildman–Crippen MR) is 76.8 cm³/mol. The molecule has 1 aromatic rings. The second-order valence-electron chi connectivity index (χ2n) is 4.49. The van der Waals surface area contributed by atoms with E-state index in [-0.39, 0.29) is 6.10 Å². The largest absolute Gasteiger partial charge is 0.437 e. The Balaban J connectivity index is 2.05. The maximum absolute atomic E-state index is 11.7. The zero-order valence-electron chi connectivity index (χ0n) is 11.8. The number of hydrogen-bond acceptors (Lipinski definition) is 6. The van der Waals surface area contributed by atoms with Crippen LogP contribution in [0.2, 0.25) is 0 Å². The van der Waals surface area contributed by atoms with Gasteiger partial charge in [-0.1, -0.05) is 0 Å². The number of hydrogen-bond donors (Lipinski definition) is 2. The molecule has 1 aliphatic heterocycles. The van der Waals surface area contributed by atoms with E-state index in [0.717, 1.165) is 0 Å². The summed E-state index contributed by atoms with van der Waals surface area (Å²) in [6, 6.07) is 1.27. The van der Waals surface area contributed by atoms with Crippen LogP contribution in [0.4, 0.5) is 0 Å². The molecule has 0 spiro atoms. The molecular weight excluding hydrogens is 299 g/mol. The maximum atomic E-state index is 11.7. The molecule has 2 N–H and O–H groups in total. The highest BCUT2D eigenvalue weighted by molar-refractivity contribution is 7.63. The molecule has 0 bridgehead atoms. The number of ether oxygens (including phenoxy) is 1. The number of rotatable bonds is 5. The van der Waals surface area contributed by atoms with Gasteiger partial charge in [0.2, 0.25) is 0 Å². The first-order valence-electron chi connectivity index (χ1n) is 6.36. The lowest BCUT2D eigenvalue weighted by molar-refractivity contribution is 0.0202. The molecule has 2 rings (SSSR count). The molecule has 9 heteroatoms. The van der Waals surface area contributed by atoms with Crippen LogP contribution in [0.3, 0.4) is 0 Å². The SMILES string of the molecule is CO[P+](O)(/C=C/C1CCC(n2ccc(=O)[nH]c2=O)O1)OC. The lowest BCUT2D eigenvalue weighted by Crippen LogP contribution is -2.31. The number of H-pyrrole nitrogens is 1. The molecule has 116 valence electrons. The topological polar surface area (TPSA) is 103 Å². The van der Waals surface area contributed by atoms with E-state index in [1.807, 2.05) is 0 Å². The van der Waals surface area contributed by atoms with Crippen LogP contribution >= 0.6 is 7.94 Å². The van der Waals surface area contributed by atoms with Crippen LogP contribution in [0.1, 0.15) is 19.1 Å². The fourth-order valence-electron chi connectivity index (χ4n) is 2.05. The van der Waals surface area contributed by atoms with Gasteiger partial charge in [-0.25, -0.2) is 4.79 Å². The van der Waals surface area contributed by atoms with Gasteiger partial charge in [0.25, 0.3) is 5.56 Å². The standard InChI is InChI=1S/C12H17N2O6P/c1-18-21(17,19-2)8-6-9-3-4-11(20-9)14-7-5-10(15)13-12(14)16/h5-9,11,17H,3-4H2,1-2H3/p+1/b8-6+. The van der Waals surface area contributed by atoms with Gasteiger partial charge in [0.15, 0.2) is 0 Å². The van der Waals surface area contributed by atoms with Crippen molar-refractivity contribution in [3.63, 3.8) is 0 Å². The van der Waals surface area contributed by atoms with E-state index in [4.69, 9.17) is 13.8 Å². The van der Waals surface area contributed by atoms with Gasteiger partial charge in [0.05, 0.1) is 20.3 Å². The van der Waals surface area contributed by atoms with Crippen molar-refractivity contribution in [1.82, 2.24) is 9.55 Å². The first-order chi connectivity index (χ1) is 9.97. The van der Waals surface area contributed by atoms with Crippen molar-refractivity contribution in [2.45, 2.75) is 25.2 Å². The van der Waals surface area contributed by atoms with Crippen molar-refractivity contribution in [2.75, 3.05) is 14.2 Å². The molecule has 0 aromatic carbocycles. The van der Waals surface area contributed by atoms with E-state index in [0.29, 0.717) is 12.8 Å². The van der Waals surface area contributed by atoms with Crippen LogP contribution in [-0.2, 0) is 13.8 Å². The average Bonchev–Trinajstić information content (AvgIpc) is 2.93. The molecule has 2 unspecified atom stereocenters. The fourth-order valence-corrected chi connectivity index (χ4v) is 2.85.